The summed E-state index contributed by atoms with van der Waals surface area (Å²) in [6.07, 6.45) is -2.54. The quantitative estimate of drug-likeness (QED) is 0.0435. The third-order valence-corrected chi connectivity index (χ3v) is 13.2. The molecule has 4 aromatic carbocycles. The van der Waals surface area contributed by atoms with Gasteiger partial charge in [-0.3, -0.25) is 14.3 Å². The highest BCUT2D eigenvalue weighted by molar-refractivity contribution is 7.44. The van der Waals surface area contributed by atoms with E-state index in [2.05, 4.69) is 21.0 Å². The molecule has 0 saturated carbocycles. The van der Waals surface area contributed by atoms with Gasteiger partial charge in [-0.15, -0.1) is 0 Å². The van der Waals surface area contributed by atoms with Gasteiger partial charge in [-0.1, -0.05) is 72.8 Å². The summed E-state index contributed by atoms with van der Waals surface area (Å²) in [6, 6.07) is 35.9. The van der Waals surface area contributed by atoms with Crippen molar-refractivity contribution in [3.8, 4) is 17.6 Å². The van der Waals surface area contributed by atoms with Gasteiger partial charge >= 0.3 is 0 Å². The smallest absolute Gasteiger partial charge is 0.259 e. The summed E-state index contributed by atoms with van der Waals surface area (Å²) in [5, 5.41) is 9.43. The molecule has 1 aliphatic rings. The lowest BCUT2D eigenvalue weighted by Gasteiger charge is -2.39. The zero-order valence-corrected chi connectivity index (χ0v) is 37.8. The Kier molecular flexibility index (Phi) is 15.0. The molecule has 7 rings (SSSR count). The van der Waals surface area contributed by atoms with E-state index in [1.165, 1.54) is 22.1 Å². The molecule has 16 heteroatoms. The van der Waals surface area contributed by atoms with Gasteiger partial charge in [0.25, 0.3) is 14.4 Å². The number of ether oxygens (including phenoxy) is 4. The minimum atomic E-state index is -1.93. The van der Waals surface area contributed by atoms with Crippen LogP contribution in [0, 0.1) is 11.3 Å². The van der Waals surface area contributed by atoms with Gasteiger partial charge in [0.05, 0.1) is 46.3 Å². The van der Waals surface area contributed by atoms with E-state index in [1.54, 1.807) is 45.5 Å². The molecule has 2 aromatic heterocycles. The molecule has 1 unspecified atom stereocenters. The van der Waals surface area contributed by atoms with Crippen LogP contribution in [0.4, 0.5) is 10.2 Å². The van der Waals surface area contributed by atoms with Crippen molar-refractivity contribution in [3.05, 3.63) is 144 Å². The van der Waals surface area contributed by atoms with Crippen LogP contribution < -0.4 is 14.4 Å². The molecule has 1 aliphatic heterocycles. The van der Waals surface area contributed by atoms with Crippen LogP contribution in [0.15, 0.2) is 122 Å². The van der Waals surface area contributed by atoms with E-state index < -0.39 is 38.7 Å². The molecule has 1 fully saturated rings. The monoisotopic (exact) mass is 889 g/mol. The van der Waals surface area contributed by atoms with Gasteiger partial charge in [-0.05, 0) is 80.8 Å². The number of benzene rings is 4. The molecule has 1 amide bonds. The highest BCUT2D eigenvalue weighted by atomic mass is 31.2. The third kappa shape index (κ3) is 9.49. The second-order valence-corrected chi connectivity index (χ2v) is 17.1. The first-order chi connectivity index (χ1) is 31.0. The molecule has 334 valence electrons. The normalized spacial score (nSPS) is 18.1. The number of carbonyl (C=O) groups is 1. The van der Waals surface area contributed by atoms with Gasteiger partial charge in [0.15, 0.2) is 29.4 Å². The van der Waals surface area contributed by atoms with E-state index >= 15 is 4.39 Å². The summed E-state index contributed by atoms with van der Waals surface area (Å²) in [5.41, 5.74) is 2.09. The van der Waals surface area contributed by atoms with Crippen LogP contribution in [0.3, 0.4) is 0 Å². The number of nitrogens with zero attached hydrogens (tertiary/aromatic N) is 7. The van der Waals surface area contributed by atoms with Crippen LogP contribution in [0.25, 0.3) is 11.2 Å². The van der Waals surface area contributed by atoms with E-state index in [0.717, 1.165) is 16.7 Å². The molecule has 14 nitrogen and oxygen atoms in total. The summed E-state index contributed by atoms with van der Waals surface area (Å²) in [4.78, 5) is 28.5. The van der Waals surface area contributed by atoms with E-state index in [9.17, 15) is 10.1 Å². The molecule has 0 aliphatic carbocycles. The number of alkyl halides is 1. The molecule has 0 spiro atoms. The molecule has 3 heterocycles. The Labute approximate surface area is 374 Å². The van der Waals surface area contributed by atoms with E-state index in [4.69, 9.17) is 28.0 Å². The average molecular weight is 890 g/mol. The number of anilines is 1. The Balaban J connectivity index is 1.32. The molecular formula is C48H53FN7O7P. The number of halogens is 1. The Bertz CT molecular complexity index is 2440. The highest BCUT2D eigenvalue weighted by Gasteiger charge is 2.51. The van der Waals surface area contributed by atoms with Crippen LogP contribution in [0.1, 0.15) is 67.4 Å². The lowest BCUT2D eigenvalue weighted by Crippen LogP contribution is -2.41. The van der Waals surface area contributed by atoms with Crippen molar-refractivity contribution in [2.45, 2.75) is 76.4 Å². The maximum Gasteiger partial charge on any atom is 0.259 e. The lowest BCUT2D eigenvalue weighted by molar-refractivity contribution is -0.0919. The first-order valence-electron chi connectivity index (χ1n) is 21.1. The van der Waals surface area contributed by atoms with Crippen LogP contribution in [0.5, 0.6) is 11.5 Å². The van der Waals surface area contributed by atoms with Crippen LogP contribution in [-0.2, 0) is 24.1 Å². The highest BCUT2D eigenvalue weighted by Crippen LogP contribution is 2.51. The minimum absolute atomic E-state index is 0.0572. The Morgan fingerprint density at radius 3 is 2.00 bits per heavy atom. The van der Waals surface area contributed by atoms with Crippen molar-refractivity contribution >= 4 is 31.4 Å². The molecular weight excluding hydrogens is 837 g/mol. The number of carbonyl (C=O) groups excluding carboxylic acids is 1. The number of amides is 1. The number of rotatable bonds is 19. The number of fused-ring (bicyclic) bond motifs is 1. The van der Waals surface area contributed by atoms with Crippen molar-refractivity contribution in [1.82, 2.24) is 24.2 Å². The lowest BCUT2D eigenvalue weighted by atomic mass is 9.80. The summed E-state index contributed by atoms with van der Waals surface area (Å²) >= 11 is 0. The fraction of sp³-hybridized carbons (Fsp3) is 0.354. The summed E-state index contributed by atoms with van der Waals surface area (Å²) in [6.45, 7) is 7.97. The zero-order chi connectivity index (χ0) is 45.4. The molecule has 64 heavy (non-hydrogen) atoms. The maximum atomic E-state index is 17.8. The fourth-order valence-corrected chi connectivity index (χ4v) is 9.76. The summed E-state index contributed by atoms with van der Waals surface area (Å²) in [5.74, 6) is 1.26. The Morgan fingerprint density at radius 2 is 1.44 bits per heavy atom. The second-order valence-electron chi connectivity index (χ2n) is 15.7. The predicted molar refractivity (Wildman–Crippen MR) is 242 cm³/mol. The number of methoxy groups -OCH3 is 2. The first-order valence-corrected chi connectivity index (χ1v) is 22.2. The third-order valence-electron chi connectivity index (χ3n) is 11.0. The molecule has 0 radical (unpaired) electrons. The fourth-order valence-electron chi connectivity index (χ4n) is 8.00. The standard InChI is InChI=1S/C48H53FN7O7P/c1-32(2)56(33(3)4)64(61-28-14-27-50)63-43-40(62-47(41(43)49)55-31-53-42-44(51-30-52-45(42)55)54(5)46(57)34-15-10-8-11-16-34)29-60-48(35-17-12-9-13-18-35,36-19-23-38(58-6)24-20-36)37-21-25-39(59-7)26-22-37/h8-13,15-26,30-33,40-41,43,47H,14,28-29H2,1-7H3/t40-,41-,43-,47-,64?/m1/s1. The number of aromatic nitrogens is 4. The molecule has 6 aromatic rings. The molecule has 1 saturated heterocycles. The largest absolute Gasteiger partial charge is 0.497 e. The average Bonchev–Trinajstić information content (AvgIpc) is 3.89. The van der Waals surface area contributed by atoms with Crippen molar-refractivity contribution in [2.75, 3.05) is 39.4 Å². The maximum absolute atomic E-state index is 17.8. The number of nitriles is 1. The van der Waals surface area contributed by atoms with Gasteiger partial charge in [-0.25, -0.2) is 24.0 Å². The molecule has 0 bridgehead atoms. The van der Waals surface area contributed by atoms with Crippen LogP contribution >= 0.6 is 8.53 Å². The van der Waals surface area contributed by atoms with Crippen LogP contribution in [0.2, 0.25) is 0 Å². The number of hydrogen-bond acceptors (Lipinski definition) is 12. The molecule has 0 N–H and O–H groups in total. The number of hydrogen-bond donors (Lipinski definition) is 0. The van der Waals surface area contributed by atoms with Crippen molar-refractivity contribution < 1.29 is 37.2 Å². The minimum Gasteiger partial charge on any atom is -0.497 e. The van der Waals surface area contributed by atoms with Crippen molar-refractivity contribution in [1.29, 1.82) is 5.26 Å². The summed E-state index contributed by atoms with van der Waals surface area (Å²) in [7, 11) is 2.89. The van der Waals surface area contributed by atoms with Gasteiger partial charge in [0.1, 0.15) is 35.6 Å². The SMILES string of the molecule is COc1ccc(C(OC[C@H]2O[C@@H](n3cnc4c(N(C)C(=O)c5ccccc5)ncnc43)[C@H](F)[C@@H]2OP(OCCC#N)N(C(C)C)C(C)C)(c2ccccc2)c2ccc(OC)cc2)cc1. The van der Waals surface area contributed by atoms with E-state index in [0.29, 0.717) is 17.1 Å². The summed E-state index contributed by atoms with van der Waals surface area (Å²) < 4.78 is 59.5. The van der Waals surface area contributed by atoms with E-state index in [1.807, 2.05) is 117 Å². The Morgan fingerprint density at radius 1 is 0.859 bits per heavy atom. The number of imidazole rings is 1. The zero-order valence-electron chi connectivity index (χ0n) is 36.9. The molecule has 5 atom stereocenters. The van der Waals surface area contributed by atoms with E-state index in [-0.39, 0.29) is 54.6 Å². The topological polar surface area (TPSA) is 146 Å². The van der Waals surface area contributed by atoms with Crippen LogP contribution in [-0.4, -0.2) is 95.0 Å². The van der Waals surface area contributed by atoms with Gasteiger partial charge in [0.2, 0.25) is 0 Å². The Hall–Kier alpha value is -5.85. The van der Waals surface area contributed by atoms with Crippen molar-refractivity contribution in [3.63, 3.8) is 0 Å². The van der Waals surface area contributed by atoms with Gasteiger partial charge in [-0.2, -0.15) is 5.26 Å². The predicted octanol–water partition coefficient (Wildman–Crippen LogP) is 9.03. The first kappa shape index (κ1) is 46.2. The van der Waals surface area contributed by atoms with Gasteiger partial charge in [0, 0.05) is 24.7 Å². The van der Waals surface area contributed by atoms with Crippen molar-refractivity contribution in [2.24, 2.45) is 0 Å². The van der Waals surface area contributed by atoms with Gasteiger partial charge < -0.3 is 28.0 Å². The second kappa shape index (κ2) is 20.8.